The molecule has 0 aliphatic carbocycles. The normalized spacial score (nSPS) is 10.9. The van der Waals surface area contributed by atoms with Crippen molar-refractivity contribution in [1.29, 1.82) is 0 Å². The molecule has 0 radical (unpaired) electrons. The van der Waals surface area contributed by atoms with E-state index in [1.54, 1.807) is 12.4 Å². The van der Waals surface area contributed by atoms with E-state index in [0.29, 0.717) is 13.1 Å². The molecule has 0 spiro atoms. The molecule has 0 bridgehead atoms. The van der Waals surface area contributed by atoms with Crippen LogP contribution in [0.2, 0.25) is 0 Å². The summed E-state index contributed by atoms with van der Waals surface area (Å²) in [5, 5.41) is 3.30. The van der Waals surface area contributed by atoms with E-state index in [-0.39, 0.29) is 0 Å². The zero-order valence-corrected chi connectivity index (χ0v) is 12.7. The van der Waals surface area contributed by atoms with Crippen molar-refractivity contribution in [2.45, 2.75) is 0 Å². The lowest BCUT2D eigenvalue weighted by atomic mass is 10.2. The maximum atomic E-state index is 5.58. The first-order valence-electron chi connectivity index (χ1n) is 7.10. The molecule has 22 heavy (non-hydrogen) atoms. The third-order valence-corrected chi connectivity index (χ3v) is 3.40. The molecule has 0 fully saturated rings. The van der Waals surface area contributed by atoms with Gasteiger partial charge in [-0.25, -0.2) is 15.0 Å². The average molecular weight is 297 g/mol. The van der Waals surface area contributed by atoms with E-state index in [4.69, 9.17) is 10.7 Å². The number of pyridine rings is 1. The molecule has 0 saturated heterocycles. The molecule has 3 rings (SSSR count). The molecular formula is C15H19N7. The minimum absolute atomic E-state index is 0.567. The highest BCUT2D eigenvalue weighted by Gasteiger charge is 2.12. The van der Waals surface area contributed by atoms with Crippen molar-refractivity contribution in [3.05, 3.63) is 36.9 Å². The Morgan fingerprint density at radius 2 is 1.55 bits per heavy atom. The Balaban J connectivity index is 2.10. The third-order valence-electron chi connectivity index (χ3n) is 3.40. The second-order valence-electron chi connectivity index (χ2n) is 5.07. The predicted octanol–water partition coefficient (Wildman–Crippen LogP) is 1.25. The van der Waals surface area contributed by atoms with E-state index < -0.39 is 0 Å². The van der Waals surface area contributed by atoms with Gasteiger partial charge in [0.15, 0.2) is 11.6 Å². The van der Waals surface area contributed by atoms with E-state index in [9.17, 15) is 0 Å². The smallest absolute Gasteiger partial charge is 0.158 e. The molecule has 3 aromatic heterocycles. The van der Waals surface area contributed by atoms with Gasteiger partial charge >= 0.3 is 0 Å². The van der Waals surface area contributed by atoms with E-state index in [2.05, 4.69) is 15.3 Å². The SMILES string of the molecule is Cn1ccnc1-c1cc(NCCN)cc(-c2nccn2C)n1. The van der Waals surface area contributed by atoms with Gasteiger partial charge in [-0.3, -0.25) is 0 Å². The van der Waals surface area contributed by atoms with E-state index >= 15 is 0 Å². The topological polar surface area (TPSA) is 86.6 Å². The highest BCUT2D eigenvalue weighted by Crippen LogP contribution is 2.25. The van der Waals surface area contributed by atoms with Gasteiger partial charge in [0.05, 0.1) is 0 Å². The molecule has 0 aliphatic heterocycles. The van der Waals surface area contributed by atoms with Crippen LogP contribution in [0.25, 0.3) is 23.0 Å². The molecule has 0 amide bonds. The van der Waals surface area contributed by atoms with Crippen molar-refractivity contribution in [2.75, 3.05) is 18.4 Å². The second kappa shape index (κ2) is 5.98. The first kappa shape index (κ1) is 14.3. The Kier molecular flexibility index (Phi) is 3.88. The minimum Gasteiger partial charge on any atom is -0.384 e. The Bertz CT molecular complexity index is 713. The van der Waals surface area contributed by atoms with Crippen molar-refractivity contribution in [3.63, 3.8) is 0 Å². The van der Waals surface area contributed by atoms with Crippen molar-refractivity contribution < 1.29 is 0 Å². The number of aryl methyl sites for hydroxylation is 2. The van der Waals surface area contributed by atoms with Crippen LogP contribution in [-0.4, -0.2) is 37.2 Å². The zero-order valence-electron chi connectivity index (χ0n) is 12.7. The number of nitrogens with zero attached hydrogens (tertiary/aromatic N) is 5. The van der Waals surface area contributed by atoms with Gasteiger partial charge in [-0.1, -0.05) is 0 Å². The summed E-state index contributed by atoms with van der Waals surface area (Å²) in [4.78, 5) is 13.5. The van der Waals surface area contributed by atoms with Gasteiger partial charge in [0.1, 0.15) is 11.4 Å². The first-order valence-corrected chi connectivity index (χ1v) is 7.10. The summed E-state index contributed by atoms with van der Waals surface area (Å²) >= 11 is 0. The van der Waals surface area contributed by atoms with E-state index in [0.717, 1.165) is 28.7 Å². The summed E-state index contributed by atoms with van der Waals surface area (Å²) in [6, 6.07) is 3.95. The largest absolute Gasteiger partial charge is 0.384 e. The number of hydrogen-bond acceptors (Lipinski definition) is 5. The first-order chi connectivity index (χ1) is 10.7. The summed E-state index contributed by atoms with van der Waals surface area (Å²) in [6.45, 7) is 1.27. The molecular weight excluding hydrogens is 278 g/mol. The highest BCUT2D eigenvalue weighted by atomic mass is 15.1. The molecule has 0 unspecified atom stereocenters. The van der Waals surface area contributed by atoms with Gasteiger partial charge in [-0.15, -0.1) is 0 Å². The predicted molar refractivity (Wildman–Crippen MR) is 86.2 cm³/mol. The summed E-state index contributed by atoms with van der Waals surface area (Å²) in [5.74, 6) is 1.62. The number of nitrogens with one attached hydrogen (secondary N) is 1. The van der Waals surface area contributed by atoms with Crippen LogP contribution in [0.4, 0.5) is 5.69 Å². The molecule has 3 N–H and O–H groups in total. The Labute approximate surface area is 128 Å². The summed E-state index contributed by atoms with van der Waals surface area (Å²) < 4.78 is 3.88. The Hall–Kier alpha value is -2.67. The standard InChI is InChI=1S/C15H19N7/c1-21-7-5-18-14(21)12-9-11(17-4-3-16)10-13(20-12)15-19-6-8-22(15)2/h5-10H,3-4,16H2,1-2H3,(H,17,20). The zero-order chi connectivity index (χ0) is 15.5. The molecule has 0 aliphatic rings. The molecule has 7 heteroatoms. The van der Waals surface area contributed by atoms with Gasteiger partial charge in [-0.2, -0.15) is 0 Å². The molecule has 7 nitrogen and oxygen atoms in total. The lowest BCUT2D eigenvalue weighted by molar-refractivity contribution is 0.907. The van der Waals surface area contributed by atoms with Crippen LogP contribution < -0.4 is 11.1 Å². The summed E-state index contributed by atoms with van der Waals surface area (Å²) in [7, 11) is 3.90. The van der Waals surface area contributed by atoms with E-state index in [1.165, 1.54) is 0 Å². The fraction of sp³-hybridized carbons (Fsp3) is 0.267. The van der Waals surface area contributed by atoms with Crippen molar-refractivity contribution in [3.8, 4) is 23.0 Å². The fourth-order valence-electron chi connectivity index (χ4n) is 2.30. The average Bonchev–Trinajstić information content (AvgIpc) is 3.13. The van der Waals surface area contributed by atoms with Crippen molar-refractivity contribution in [1.82, 2.24) is 24.1 Å². The van der Waals surface area contributed by atoms with E-state index in [1.807, 2.05) is 47.8 Å². The van der Waals surface area contributed by atoms with Gasteiger partial charge < -0.3 is 20.2 Å². The minimum atomic E-state index is 0.567. The molecule has 114 valence electrons. The van der Waals surface area contributed by atoms with Gasteiger partial charge in [-0.05, 0) is 12.1 Å². The molecule has 3 aromatic rings. The van der Waals surface area contributed by atoms with Crippen LogP contribution in [0.15, 0.2) is 36.9 Å². The van der Waals surface area contributed by atoms with Crippen LogP contribution >= 0.6 is 0 Å². The monoisotopic (exact) mass is 297 g/mol. The number of rotatable bonds is 5. The van der Waals surface area contributed by atoms with Crippen LogP contribution in [0, 0.1) is 0 Å². The maximum Gasteiger partial charge on any atom is 0.158 e. The Morgan fingerprint density at radius 3 is 1.95 bits per heavy atom. The van der Waals surface area contributed by atoms with Crippen LogP contribution in [-0.2, 0) is 14.1 Å². The Morgan fingerprint density at radius 1 is 1.00 bits per heavy atom. The third kappa shape index (κ3) is 2.71. The molecule has 0 aromatic carbocycles. The van der Waals surface area contributed by atoms with Crippen molar-refractivity contribution >= 4 is 5.69 Å². The molecule has 0 saturated carbocycles. The van der Waals surface area contributed by atoms with Gasteiger partial charge in [0.25, 0.3) is 0 Å². The summed E-state index contributed by atoms with van der Waals surface area (Å²) in [6.07, 6.45) is 7.32. The summed E-state index contributed by atoms with van der Waals surface area (Å²) in [5.41, 5.74) is 8.13. The fourth-order valence-corrected chi connectivity index (χ4v) is 2.30. The van der Waals surface area contributed by atoms with Gasteiger partial charge in [0, 0.05) is 57.7 Å². The van der Waals surface area contributed by atoms with Crippen LogP contribution in [0.5, 0.6) is 0 Å². The quantitative estimate of drug-likeness (QED) is 0.740. The lowest BCUT2D eigenvalue weighted by Gasteiger charge is -2.10. The van der Waals surface area contributed by atoms with Crippen LogP contribution in [0.3, 0.4) is 0 Å². The van der Waals surface area contributed by atoms with Crippen molar-refractivity contribution in [2.24, 2.45) is 19.8 Å². The number of hydrogen-bond donors (Lipinski definition) is 2. The highest BCUT2D eigenvalue weighted by molar-refractivity contribution is 5.66. The number of nitrogens with two attached hydrogens (primary N) is 1. The second-order valence-corrected chi connectivity index (χ2v) is 5.07. The van der Waals surface area contributed by atoms with Gasteiger partial charge in [0.2, 0.25) is 0 Å². The van der Waals surface area contributed by atoms with Crippen LogP contribution in [0.1, 0.15) is 0 Å². The number of anilines is 1. The maximum absolute atomic E-state index is 5.58. The lowest BCUT2D eigenvalue weighted by Crippen LogP contribution is -2.13. The number of aromatic nitrogens is 5. The molecule has 3 heterocycles. The molecule has 0 atom stereocenters. The number of imidazole rings is 2.